The van der Waals surface area contributed by atoms with E-state index in [0.29, 0.717) is 11.1 Å². The van der Waals surface area contributed by atoms with E-state index >= 15 is 0 Å². The lowest BCUT2D eigenvalue weighted by atomic mass is 10.2. The maximum Gasteiger partial charge on any atom is 0.186 e. The number of hydrogen-bond donors (Lipinski definition) is 0. The van der Waals surface area contributed by atoms with Gasteiger partial charge in [0.1, 0.15) is 6.29 Å². The minimum absolute atomic E-state index is 0.575. The number of benzene rings is 2. The second-order valence-electron chi connectivity index (χ2n) is 6.54. The zero-order valence-electron chi connectivity index (χ0n) is 16.2. The summed E-state index contributed by atoms with van der Waals surface area (Å²) in [4.78, 5) is 21.1. The van der Waals surface area contributed by atoms with E-state index in [4.69, 9.17) is 5.26 Å². The fourth-order valence-corrected chi connectivity index (χ4v) is 3.68. The molecule has 0 saturated carbocycles. The number of aldehydes is 1. The van der Waals surface area contributed by atoms with Crippen molar-refractivity contribution in [2.75, 3.05) is 11.9 Å². The highest BCUT2D eigenvalue weighted by Gasteiger charge is 2.09. The number of pyridine rings is 1. The topological polar surface area (TPSA) is 69.9 Å². The van der Waals surface area contributed by atoms with Crippen LogP contribution >= 0.6 is 11.3 Å². The normalized spacial score (nSPS) is 9.97. The van der Waals surface area contributed by atoms with Gasteiger partial charge in [-0.05, 0) is 48.4 Å². The number of thiazole rings is 1. The molecule has 0 amide bonds. The molecule has 0 aliphatic carbocycles. The molecule has 4 rings (SSSR count). The molecule has 4 aromatic rings. The largest absolute Gasteiger partial charge is 0.347 e. The van der Waals surface area contributed by atoms with Crippen LogP contribution in [0.1, 0.15) is 27.0 Å². The average molecular weight is 401 g/mol. The molecule has 5 nitrogen and oxygen atoms in total. The van der Waals surface area contributed by atoms with Gasteiger partial charge in [-0.25, -0.2) is 4.98 Å². The maximum atomic E-state index is 10.1. The second-order valence-corrected chi connectivity index (χ2v) is 7.55. The first-order chi connectivity index (χ1) is 14.1. The molecule has 2 aromatic heterocycles. The summed E-state index contributed by atoms with van der Waals surface area (Å²) in [7, 11) is 2.07. The number of fused-ring (bicyclic) bond motifs is 1. The van der Waals surface area contributed by atoms with Gasteiger partial charge in [0, 0.05) is 31.5 Å². The minimum atomic E-state index is 0.575. The lowest BCUT2D eigenvalue weighted by molar-refractivity contribution is 0.112. The highest BCUT2D eigenvalue weighted by atomic mass is 32.1. The molecule has 0 saturated heterocycles. The highest BCUT2D eigenvalue weighted by Crippen LogP contribution is 2.29. The molecule has 2 aromatic carbocycles. The summed E-state index contributed by atoms with van der Waals surface area (Å²) in [6, 6.07) is 18.9. The van der Waals surface area contributed by atoms with Gasteiger partial charge in [0.2, 0.25) is 0 Å². The van der Waals surface area contributed by atoms with E-state index in [2.05, 4.69) is 53.1 Å². The quantitative estimate of drug-likeness (QED) is 0.451. The van der Waals surface area contributed by atoms with Crippen molar-refractivity contribution in [2.45, 2.75) is 13.5 Å². The Balaban J connectivity index is 0.000000204. The van der Waals surface area contributed by atoms with Crippen molar-refractivity contribution in [3.05, 3.63) is 89.2 Å². The standard InChI is InChI=1S/C15H15N3S.C8H5NO/c1-11-5-6-13-14(8-11)19-15(17-13)18(2)10-12-4-3-7-16-9-12;9-5-7-1-3-8(6-10)4-2-7/h3-9H,10H2,1-2H3;1-4,6H. The summed E-state index contributed by atoms with van der Waals surface area (Å²) in [5, 5.41) is 9.41. The molecular formula is C23H20N4OS. The van der Waals surface area contributed by atoms with Crippen molar-refractivity contribution in [2.24, 2.45) is 0 Å². The summed E-state index contributed by atoms with van der Waals surface area (Å²) in [5.41, 5.74) is 4.71. The van der Waals surface area contributed by atoms with Crippen LogP contribution in [0.3, 0.4) is 0 Å². The lowest BCUT2D eigenvalue weighted by Gasteiger charge is -2.14. The van der Waals surface area contributed by atoms with E-state index in [9.17, 15) is 4.79 Å². The molecule has 0 aliphatic heterocycles. The number of anilines is 1. The van der Waals surface area contributed by atoms with Crippen LogP contribution in [-0.4, -0.2) is 23.3 Å². The van der Waals surface area contributed by atoms with Gasteiger partial charge in [0.15, 0.2) is 5.13 Å². The fraction of sp³-hybridized carbons (Fsp3) is 0.130. The van der Waals surface area contributed by atoms with Crippen molar-refractivity contribution in [1.29, 1.82) is 5.26 Å². The average Bonchev–Trinajstić information content (AvgIpc) is 3.18. The molecule has 144 valence electrons. The monoisotopic (exact) mass is 400 g/mol. The Morgan fingerprint density at radius 3 is 2.62 bits per heavy atom. The third kappa shape index (κ3) is 5.47. The summed E-state index contributed by atoms with van der Waals surface area (Å²) in [6.45, 7) is 2.94. The molecular weight excluding hydrogens is 380 g/mol. The number of carbonyl (C=O) groups excluding carboxylic acids is 1. The van der Waals surface area contributed by atoms with E-state index in [0.717, 1.165) is 23.5 Å². The predicted molar refractivity (Wildman–Crippen MR) is 117 cm³/mol. The SMILES string of the molecule is Cc1ccc2nc(N(C)Cc3cccnc3)sc2c1.N#Cc1ccc(C=O)cc1. The Kier molecular flexibility index (Phi) is 6.67. The first-order valence-corrected chi connectivity index (χ1v) is 9.83. The van der Waals surface area contributed by atoms with Gasteiger partial charge < -0.3 is 4.90 Å². The molecule has 0 spiro atoms. The van der Waals surface area contributed by atoms with Crippen molar-refractivity contribution >= 4 is 33.0 Å². The Morgan fingerprint density at radius 2 is 1.97 bits per heavy atom. The van der Waals surface area contributed by atoms with Gasteiger partial charge in [-0.2, -0.15) is 5.26 Å². The lowest BCUT2D eigenvalue weighted by Crippen LogP contribution is -2.15. The van der Waals surface area contributed by atoms with E-state index in [-0.39, 0.29) is 0 Å². The number of hydrogen-bond acceptors (Lipinski definition) is 6. The number of aromatic nitrogens is 2. The van der Waals surface area contributed by atoms with Crippen molar-refractivity contribution in [3.8, 4) is 6.07 Å². The first kappa shape index (κ1) is 20.2. The van der Waals surface area contributed by atoms with Crippen LogP contribution < -0.4 is 4.90 Å². The Labute approximate surface area is 173 Å². The molecule has 0 fully saturated rings. The summed E-state index contributed by atoms with van der Waals surface area (Å²) in [5.74, 6) is 0. The molecule has 29 heavy (non-hydrogen) atoms. The third-order valence-corrected chi connectivity index (χ3v) is 5.31. The van der Waals surface area contributed by atoms with Crippen LogP contribution in [0.2, 0.25) is 0 Å². The highest BCUT2D eigenvalue weighted by molar-refractivity contribution is 7.22. The molecule has 0 bridgehead atoms. The smallest absolute Gasteiger partial charge is 0.186 e. The molecule has 0 radical (unpaired) electrons. The number of rotatable bonds is 4. The molecule has 2 heterocycles. The summed E-state index contributed by atoms with van der Waals surface area (Å²) in [6.07, 6.45) is 4.44. The Morgan fingerprint density at radius 1 is 1.17 bits per heavy atom. The molecule has 0 N–H and O–H groups in total. The summed E-state index contributed by atoms with van der Waals surface area (Å²) >= 11 is 1.73. The van der Waals surface area contributed by atoms with Gasteiger partial charge in [-0.1, -0.05) is 35.6 Å². The van der Waals surface area contributed by atoms with Crippen LogP contribution in [0.5, 0.6) is 0 Å². The fourth-order valence-electron chi connectivity index (χ4n) is 2.65. The van der Waals surface area contributed by atoms with Crippen LogP contribution in [0, 0.1) is 18.3 Å². The van der Waals surface area contributed by atoms with E-state index in [1.165, 1.54) is 15.8 Å². The van der Waals surface area contributed by atoms with Gasteiger partial charge >= 0.3 is 0 Å². The molecule has 0 aliphatic rings. The molecule has 0 atom stereocenters. The second kappa shape index (κ2) is 9.58. The Hall–Kier alpha value is -3.56. The summed E-state index contributed by atoms with van der Waals surface area (Å²) < 4.78 is 1.24. The van der Waals surface area contributed by atoms with E-state index in [1.54, 1.807) is 41.8 Å². The van der Waals surface area contributed by atoms with Crippen molar-refractivity contribution < 1.29 is 4.79 Å². The predicted octanol–water partition coefficient (Wildman–Crippen LogP) is 5.01. The van der Waals surface area contributed by atoms with Gasteiger partial charge in [-0.3, -0.25) is 9.78 Å². The number of nitrogens with zero attached hydrogens (tertiary/aromatic N) is 4. The number of nitriles is 1. The zero-order valence-corrected chi connectivity index (χ0v) is 17.1. The zero-order chi connectivity index (χ0) is 20.6. The van der Waals surface area contributed by atoms with E-state index < -0.39 is 0 Å². The van der Waals surface area contributed by atoms with Gasteiger partial charge in [0.25, 0.3) is 0 Å². The molecule has 6 heteroatoms. The number of carbonyl (C=O) groups is 1. The maximum absolute atomic E-state index is 10.1. The van der Waals surface area contributed by atoms with Crippen molar-refractivity contribution in [1.82, 2.24) is 9.97 Å². The Bertz CT molecular complexity index is 1130. The van der Waals surface area contributed by atoms with Gasteiger partial charge in [0.05, 0.1) is 21.8 Å². The van der Waals surface area contributed by atoms with Crippen LogP contribution in [0.15, 0.2) is 67.0 Å². The van der Waals surface area contributed by atoms with E-state index in [1.807, 2.05) is 18.3 Å². The van der Waals surface area contributed by atoms with Crippen LogP contribution in [0.25, 0.3) is 10.2 Å². The van der Waals surface area contributed by atoms with Crippen LogP contribution in [-0.2, 0) is 6.54 Å². The van der Waals surface area contributed by atoms with Crippen molar-refractivity contribution in [3.63, 3.8) is 0 Å². The van der Waals surface area contributed by atoms with Crippen LogP contribution in [0.4, 0.5) is 5.13 Å². The first-order valence-electron chi connectivity index (χ1n) is 9.01. The number of aryl methyl sites for hydroxylation is 1. The third-order valence-electron chi connectivity index (χ3n) is 4.18. The molecule has 0 unspecified atom stereocenters. The minimum Gasteiger partial charge on any atom is -0.347 e. The van der Waals surface area contributed by atoms with Gasteiger partial charge in [-0.15, -0.1) is 0 Å².